The molecule has 0 heterocycles. The molecule has 4 nitrogen and oxygen atoms in total. The lowest BCUT2D eigenvalue weighted by molar-refractivity contribution is 0.210. The average Bonchev–Trinajstić information content (AvgIpc) is 2.39. The van der Waals surface area contributed by atoms with Crippen LogP contribution in [0, 0.1) is 0 Å². The molecule has 20 heavy (non-hydrogen) atoms. The van der Waals surface area contributed by atoms with E-state index in [1.165, 1.54) is 0 Å². The first-order valence-electron chi connectivity index (χ1n) is 6.91. The standard InChI is InChI=1S/C15H24ClNO3/c1-5-19-14-9-11(13(7-8-18)17(3)4)12(16)10-15(14)20-6-2/h9-10,13,18H,5-8H2,1-4H3. The highest BCUT2D eigenvalue weighted by Gasteiger charge is 2.20. The molecular weight excluding hydrogens is 278 g/mol. The zero-order chi connectivity index (χ0) is 15.1. The van der Waals surface area contributed by atoms with Crippen LogP contribution in [0.1, 0.15) is 31.9 Å². The molecule has 114 valence electrons. The van der Waals surface area contributed by atoms with Gasteiger partial charge in [0.1, 0.15) is 0 Å². The number of rotatable bonds is 8. The molecule has 1 unspecified atom stereocenters. The van der Waals surface area contributed by atoms with Crippen LogP contribution in [0.4, 0.5) is 0 Å². The van der Waals surface area contributed by atoms with Gasteiger partial charge < -0.3 is 19.5 Å². The lowest BCUT2D eigenvalue weighted by Crippen LogP contribution is -2.21. The number of hydrogen-bond donors (Lipinski definition) is 1. The number of nitrogens with zero attached hydrogens (tertiary/aromatic N) is 1. The predicted octanol–water partition coefficient (Wildman–Crippen LogP) is 3.12. The van der Waals surface area contributed by atoms with Crippen molar-refractivity contribution in [2.75, 3.05) is 33.9 Å². The highest BCUT2D eigenvalue weighted by molar-refractivity contribution is 6.31. The fraction of sp³-hybridized carbons (Fsp3) is 0.600. The Hall–Kier alpha value is -0.970. The zero-order valence-electron chi connectivity index (χ0n) is 12.6. The van der Waals surface area contributed by atoms with E-state index in [1.807, 2.05) is 38.9 Å². The van der Waals surface area contributed by atoms with Gasteiger partial charge in [-0.3, -0.25) is 0 Å². The molecule has 0 radical (unpaired) electrons. The van der Waals surface area contributed by atoms with Crippen molar-refractivity contribution in [2.24, 2.45) is 0 Å². The highest BCUT2D eigenvalue weighted by Crippen LogP contribution is 2.38. The number of benzene rings is 1. The summed E-state index contributed by atoms with van der Waals surface area (Å²) in [7, 11) is 3.93. The van der Waals surface area contributed by atoms with Crippen molar-refractivity contribution in [2.45, 2.75) is 26.3 Å². The minimum absolute atomic E-state index is 0.0439. The van der Waals surface area contributed by atoms with E-state index in [0.29, 0.717) is 36.2 Å². The lowest BCUT2D eigenvalue weighted by atomic mass is 10.0. The fourth-order valence-electron chi connectivity index (χ4n) is 2.16. The zero-order valence-corrected chi connectivity index (χ0v) is 13.4. The fourth-order valence-corrected chi connectivity index (χ4v) is 2.44. The second-order valence-corrected chi connectivity index (χ2v) is 5.09. The number of aliphatic hydroxyl groups excluding tert-OH is 1. The molecule has 1 atom stereocenters. The Morgan fingerprint density at radius 1 is 1.15 bits per heavy atom. The molecule has 0 amide bonds. The van der Waals surface area contributed by atoms with Gasteiger partial charge in [-0.1, -0.05) is 11.6 Å². The summed E-state index contributed by atoms with van der Waals surface area (Å²) in [6.45, 7) is 5.08. The van der Waals surface area contributed by atoms with E-state index in [2.05, 4.69) is 0 Å². The predicted molar refractivity (Wildman–Crippen MR) is 81.9 cm³/mol. The molecule has 0 aliphatic heterocycles. The summed E-state index contributed by atoms with van der Waals surface area (Å²) in [5, 5.41) is 9.85. The normalized spacial score (nSPS) is 12.6. The molecule has 5 heteroatoms. The Morgan fingerprint density at radius 2 is 1.70 bits per heavy atom. The molecule has 1 N–H and O–H groups in total. The van der Waals surface area contributed by atoms with Crippen LogP contribution < -0.4 is 9.47 Å². The number of halogens is 1. The summed E-state index contributed by atoms with van der Waals surface area (Å²) in [5.41, 5.74) is 0.942. The monoisotopic (exact) mass is 301 g/mol. The van der Waals surface area contributed by atoms with Crippen LogP contribution >= 0.6 is 11.6 Å². The third-order valence-corrected chi connectivity index (χ3v) is 3.37. The second-order valence-electron chi connectivity index (χ2n) is 4.68. The van der Waals surface area contributed by atoms with Crippen LogP contribution in [0.5, 0.6) is 11.5 Å². The summed E-state index contributed by atoms with van der Waals surface area (Å²) in [6.07, 6.45) is 0.617. The van der Waals surface area contributed by atoms with Gasteiger partial charge in [0.25, 0.3) is 0 Å². The van der Waals surface area contributed by atoms with Gasteiger partial charge in [0.15, 0.2) is 11.5 Å². The van der Waals surface area contributed by atoms with E-state index in [9.17, 15) is 5.11 Å². The minimum Gasteiger partial charge on any atom is -0.490 e. The van der Waals surface area contributed by atoms with Crippen molar-refractivity contribution in [3.05, 3.63) is 22.7 Å². The van der Waals surface area contributed by atoms with Crippen LogP contribution in [-0.4, -0.2) is 43.9 Å². The van der Waals surface area contributed by atoms with Crippen molar-refractivity contribution < 1.29 is 14.6 Å². The molecule has 0 saturated heterocycles. The molecule has 0 saturated carbocycles. The molecule has 1 aromatic carbocycles. The lowest BCUT2D eigenvalue weighted by Gasteiger charge is -2.26. The Labute approximate surface area is 126 Å². The molecular formula is C15H24ClNO3. The summed E-state index contributed by atoms with van der Waals surface area (Å²) < 4.78 is 11.2. The molecule has 0 spiro atoms. The van der Waals surface area contributed by atoms with E-state index < -0.39 is 0 Å². The first kappa shape index (κ1) is 17.1. The molecule has 0 fully saturated rings. The van der Waals surface area contributed by atoms with Crippen LogP contribution in [0.2, 0.25) is 5.02 Å². The van der Waals surface area contributed by atoms with E-state index in [0.717, 1.165) is 5.56 Å². The average molecular weight is 302 g/mol. The van der Waals surface area contributed by atoms with Crippen molar-refractivity contribution in [3.63, 3.8) is 0 Å². The van der Waals surface area contributed by atoms with Crippen molar-refractivity contribution in [3.8, 4) is 11.5 Å². The maximum Gasteiger partial charge on any atom is 0.162 e. The maximum atomic E-state index is 9.22. The first-order chi connectivity index (χ1) is 9.54. The van der Waals surface area contributed by atoms with Crippen molar-refractivity contribution >= 4 is 11.6 Å². The SMILES string of the molecule is CCOc1cc(Cl)c(C(CCO)N(C)C)cc1OCC. The van der Waals surface area contributed by atoms with Gasteiger partial charge in [-0.15, -0.1) is 0 Å². The van der Waals surface area contributed by atoms with E-state index in [4.69, 9.17) is 21.1 Å². The van der Waals surface area contributed by atoms with Gasteiger partial charge in [-0.2, -0.15) is 0 Å². The molecule has 1 aromatic rings. The second kappa shape index (κ2) is 8.35. The van der Waals surface area contributed by atoms with Crippen molar-refractivity contribution in [1.29, 1.82) is 0 Å². The summed E-state index contributed by atoms with van der Waals surface area (Å²) in [6, 6.07) is 3.75. The largest absolute Gasteiger partial charge is 0.490 e. The van der Waals surface area contributed by atoms with Gasteiger partial charge in [0.05, 0.1) is 13.2 Å². The molecule has 0 aliphatic rings. The van der Waals surface area contributed by atoms with Crippen molar-refractivity contribution in [1.82, 2.24) is 4.90 Å². The Morgan fingerprint density at radius 3 is 2.15 bits per heavy atom. The quantitative estimate of drug-likeness (QED) is 0.801. The molecule has 0 aliphatic carbocycles. The Balaban J connectivity index is 3.21. The third-order valence-electron chi connectivity index (χ3n) is 3.05. The summed E-state index contributed by atoms with van der Waals surface area (Å²) >= 11 is 6.37. The van der Waals surface area contributed by atoms with Gasteiger partial charge in [0, 0.05) is 23.7 Å². The minimum atomic E-state index is 0.0439. The molecule has 0 aromatic heterocycles. The number of aliphatic hydroxyl groups is 1. The smallest absolute Gasteiger partial charge is 0.162 e. The van der Waals surface area contributed by atoms with Crippen LogP contribution in [-0.2, 0) is 0 Å². The Kier molecular flexibility index (Phi) is 7.13. The molecule has 1 rings (SSSR count). The number of hydrogen-bond acceptors (Lipinski definition) is 4. The first-order valence-corrected chi connectivity index (χ1v) is 7.29. The molecule has 0 bridgehead atoms. The van der Waals surface area contributed by atoms with Gasteiger partial charge in [-0.05, 0) is 46.0 Å². The van der Waals surface area contributed by atoms with E-state index >= 15 is 0 Å². The number of ether oxygens (including phenoxy) is 2. The van der Waals surface area contributed by atoms with E-state index in [1.54, 1.807) is 6.07 Å². The summed E-state index contributed by atoms with van der Waals surface area (Å²) in [4.78, 5) is 2.04. The third kappa shape index (κ3) is 4.27. The van der Waals surface area contributed by atoms with Gasteiger partial charge in [0.2, 0.25) is 0 Å². The Bertz CT molecular complexity index is 424. The maximum absolute atomic E-state index is 9.22. The van der Waals surface area contributed by atoms with Crippen LogP contribution in [0.3, 0.4) is 0 Å². The van der Waals surface area contributed by atoms with E-state index in [-0.39, 0.29) is 12.6 Å². The summed E-state index contributed by atoms with van der Waals surface area (Å²) in [5.74, 6) is 1.35. The van der Waals surface area contributed by atoms with Crippen LogP contribution in [0.15, 0.2) is 12.1 Å². The van der Waals surface area contributed by atoms with Gasteiger partial charge >= 0.3 is 0 Å². The van der Waals surface area contributed by atoms with Gasteiger partial charge in [-0.25, -0.2) is 0 Å². The highest BCUT2D eigenvalue weighted by atomic mass is 35.5. The topological polar surface area (TPSA) is 41.9 Å². The van der Waals surface area contributed by atoms with Crippen LogP contribution in [0.25, 0.3) is 0 Å².